The monoisotopic (exact) mass is 263 g/mol. The summed E-state index contributed by atoms with van der Waals surface area (Å²) < 4.78 is 0. The molecule has 2 rings (SSSR count). The number of nitrogens with one attached hydrogen (secondary N) is 1. The number of nitrogen functional groups attached to an aromatic ring is 1. The van der Waals surface area contributed by atoms with Gasteiger partial charge in [0, 0.05) is 24.6 Å². The minimum Gasteiger partial charge on any atom is -0.383 e. The second-order valence-corrected chi connectivity index (χ2v) is 5.41. The summed E-state index contributed by atoms with van der Waals surface area (Å²) in [6, 6.07) is 0.371. The molecule has 5 nitrogen and oxygen atoms in total. The standard InChI is InChI=1S/C14H25N5/c1-4-12-17-13(15)11(3)14(18-12)16-10(2)9-19-7-5-6-8-19/h10H,4-9H2,1-3H3,(H3,15,16,17,18). The number of aromatic nitrogens is 2. The maximum atomic E-state index is 5.93. The summed E-state index contributed by atoms with van der Waals surface area (Å²) in [5.74, 6) is 2.28. The van der Waals surface area contributed by atoms with Gasteiger partial charge in [0.1, 0.15) is 17.5 Å². The molecule has 5 heteroatoms. The van der Waals surface area contributed by atoms with Crippen LogP contribution in [0.15, 0.2) is 0 Å². The molecule has 0 amide bonds. The van der Waals surface area contributed by atoms with Crippen LogP contribution in [0.3, 0.4) is 0 Å². The van der Waals surface area contributed by atoms with Crippen LogP contribution < -0.4 is 11.1 Å². The average Bonchev–Trinajstić information content (AvgIpc) is 2.87. The van der Waals surface area contributed by atoms with Gasteiger partial charge in [-0.15, -0.1) is 0 Å². The number of anilines is 2. The first-order valence-electron chi connectivity index (χ1n) is 7.22. The van der Waals surface area contributed by atoms with E-state index < -0.39 is 0 Å². The van der Waals surface area contributed by atoms with Crippen molar-refractivity contribution in [1.82, 2.24) is 14.9 Å². The van der Waals surface area contributed by atoms with Crippen molar-refractivity contribution in [3.8, 4) is 0 Å². The molecule has 0 bridgehead atoms. The van der Waals surface area contributed by atoms with Gasteiger partial charge in [0.25, 0.3) is 0 Å². The second-order valence-electron chi connectivity index (χ2n) is 5.41. The van der Waals surface area contributed by atoms with Crippen molar-refractivity contribution in [1.29, 1.82) is 0 Å². The molecule has 2 heterocycles. The first kappa shape index (κ1) is 14.1. The molecule has 1 aromatic heterocycles. The minimum absolute atomic E-state index is 0.371. The molecule has 0 spiro atoms. The van der Waals surface area contributed by atoms with Crippen molar-refractivity contribution in [2.75, 3.05) is 30.7 Å². The number of likely N-dealkylation sites (tertiary alicyclic amines) is 1. The lowest BCUT2D eigenvalue weighted by Gasteiger charge is -2.22. The zero-order chi connectivity index (χ0) is 13.8. The molecule has 0 saturated carbocycles. The van der Waals surface area contributed by atoms with Crippen molar-refractivity contribution in [3.05, 3.63) is 11.4 Å². The first-order valence-corrected chi connectivity index (χ1v) is 7.22. The molecule has 1 atom stereocenters. The lowest BCUT2D eigenvalue weighted by atomic mass is 10.2. The topological polar surface area (TPSA) is 67.1 Å². The van der Waals surface area contributed by atoms with Crippen LogP contribution in [-0.2, 0) is 6.42 Å². The third-order valence-corrected chi connectivity index (χ3v) is 3.66. The van der Waals surface area contributed by atoms with Crippen molar-refractivity contribution in [2.24, 2.45) is 0 Å². The summed E-state index contributed by atoms with van der Waals surface area (Å²) in [7, 11) is 0. The fourth-order valence-corrected chi connectivity index (χ4v) is 2.51. The molecule has 0 aromatic carbocycles. The van der Waals surface area contributed by atoms with E-state index in [2.05, 4.69) is 27.1 Å². The number of hydrogen-bond acceptors (Lipinski definition) is 5. The van der Waals surface area contributed by atoms with Crippen LogP contribution in [0.4, 0.5) is 11.6 Å². The maximum Gasteiger partial charge on any atom is 0.135 e. The Labute approximate surface area is 115 Å². The number of nitrogens with two attached hydrogens (primary N) is 1. The maximum absolute atomic E-state index is 5.93. The highest BCUT2D eigenvalue weighted by atomic mass is 15.2. The molecule has 19 heavy (non-hydrogen) atoms. The highest BCUT2D eigenvalue weighted by Gasteiger charge is 2.16. The van der Waals surface area contributed by atoms with Gasteiger partial charge in [-0.2, -0.15) is 0 Å². The van der Waals surface area contributed by atoms with Gasteiger partial charge in [-0.05, 0) is 39.8 Å². The average molecular weight is 263 g/mol. The second kappa shape index (κ2) is 6.19. The third-order valence-electron chi connectivity index (χ3n) is 3.66. The molecule has 1 aliphatic rings. The van der Waals surface area contributed by atoms with E-state index in [0.717, 1.165) is 30.2 Å². The van der Waals surface area contributed by atoms with Gasteiger partial charge >= 0.3 is 0 Å². The van der Waals surface area contributed by atoms with Crippen LogP contribution in [-0.4, -0.2) is 40.5 Å². The summed E-state index contributed by atoms with van der Waals surface area (Å²) >= 11 is 0. The molecule has 1 aromatic rings. The molecular weight excluding hydrogens is 238 g/mol. The fourth-order valence-electron chi connectivity index (χ4n) is 2.51. The van der Waals surface area contributed by atoms with E-state index in [1.807, 2.05) is 13.8 Å². The first-order chi connectivity index (χ1) is 9.10. The zero-order valence-electron chi connectivity index (χ0n) is 12.2. The Bertz CT molecular complexity index is 426. The van der Waals surface area contributed by atoms with Crippen LogP contribution >= 0.6 is 0 Å². The Hall–Kier alpha value is -1.36. The summed E-state index contributed by atoms with van der Waals surface area (Å²) in [5, 5.41) is 3.48. The molecule has 1 saturated heterocycles. The lowest BCUT2D eigenvalue weighted by Crippen LogP contribution is -2.33. The third kappa shape index (κ3) is 3.56. The van der Waals surface area contributed by atoms with E-state index in [1.165, 1.54) is 25.9 Å². The van der Waals surface area contributed by atoms with Crippen LogP contribution in [0.2, 0.25) is 0 Å². The highest BCUT2D eigenvalue weighted by molar-refractivity contribution is 5.55. The number of rotatable bonds is 5. The Kier molecular flexibility index (Phi) is 4.58. The van der Waals surface area contributed by atoms with Gasteiger partial charge in [-0.25, -0.2) is 9.97 Å². The number of hydrogen-bond donors (Lipinski definition) is 2. The highest BCUT2D eigenvalue weighted by Crippen LogP contribution is 2.19. The summed E-state index contributed by atoms with van der Waals surface area (Å²) in [6.45, 7) is 9.71. The number of nitrogens with zero attached hydrogens (tertiary/aromatic N) is 3. The van der Waals surface area contributed by atoms with E-state index >= 15 is 0 Å². The predicted molar refractivity (Wildman–Crippen MR) is 79.3 cm³/mol. The van der Waals surface area contributed by atoms with Crippen molar-refractivity contribution in [2.45, 2.75) is 46.1 Å². The molecule has 0 aliphatic carbocycles. The molecule has 1 unspecified atom stereocenters. The molecule has 1 fully saturated rings. The molecule has 1 aliphatic heterocycles. The minimum atomic E-state index is 0.371. The normalized spacial score (nSPS) is 17.6. The molecule has 3 N–H and O–H groups in total. The van der Waals surface area contributed by atoms with Gasteiger partial charge in [0.2, 0.25) is 0 Å². The molecule has 0 radical (unpaired) electrons. The van der Waals surface area contributed by atoms with Crippen LogP contribution in [0, 0.1) is 6.92 Å². The smallest absolute Gasteiger partial charge is 0.135 e. The summed E-state index contributed by atoms with van der Waals surface area (Å²) in [4.78, 5) is 11.3. The van der Waals surface area contributed by atoms with Gasteiger partial charge in [0.05, 0.1) is 0 Å². The lowest BCUT2D eigenvalue weighted by molar-refractivity contribution is 0.327. The van der Waals surface area contributed by atoms with E-state index in [-0.39, 0.29) is 0 Å². The van der Waals surface area contributed by atoms with E-state index in [0.29, 0.717) is 11.9 Å². The van der Waals surface area contributed by atoms with Crippen molar-refractivity contribution < 1.29 is 0 Å². The molecule has 106 valence electrons. The van der Waals surface area contributed by atoms with Crippen LogP contribution in [0.1, 0.15) is 38.1 Å². The number of aryl methyl sites for hydroxylation is 1. The van der Waals surface area contributed by atoms with Gasteiger partial charge in [-0.3, -0.25) is 0 Å². The Balaban J connectivity index is 2.02. The van der Waals surface area contributed by atoms with E-state index in [9.17, 15) is 0 Å². The summed E-state index contributed by atoms with van der Waals surface area (Å²) in [5.41, 5.74) is 6.88. The van der Waals surface area contributed by atoms with E-state index in [1.54, 1.807) is 0 Å². The molecular formula is C14H25N5. The van der Waals surface area contributed by atoms with Gasteiger partial charge < -0.3 is 16.0 Å². The van der Waals surface area contributed by atoms with Crippen molar-refractivity contribution >= 4 is 11.6 Å². The quantitative estimate of drug-likeness (QED) is 0.848. The Morgan fingerprint density at radius 2 is 2.00 bits per heavy atom. The van der Waals surface area contributed by atoms with Crippen LogP contribution in [0.5, 0.6) is 0 Å². The fraction of sp³-hybridized carbons (Fsp3) is 0.714. The van der Waals surface area contributed by atoms with Gasteiger partial charge in [0.15, 0.2) is 0 Å². The van der Waals surface area contributed by atoms with E-state index in [4.69, 9.17) is 5.73 Å². The summed E-state index contributed by atoms with van der Waals surface area (Å²) in [6.07, 6.45) is 3.46. The predicted octanol–water partition coefficient (Wildman–Crippen LogP) is 1.83. The Morgan fingerprint density at radius 1 is 1.32 bits per heavy atom. The Morgan fingerprint density at radius 3 is 2.63 bits per heavy atom. The zero-order valence-corrected chi connectivity index (χ0v) is 12.2. The van der Waals surface area contributed by atoms with Crippen molar-refractivity contribution in [3.63, 3.8) is 0 Å². The van der Waals surface area contributed by atoms with Crippen LogP contribution in [0.25, 0.3) is 0 Å². The SMILES string of the molecule is CCc1nc(N)c(C)c(NC(C)CN2CCCC2)n1. The van der Waals surface area contributed by atoms with Gasteiger partial charge in [-0.1, -0.05) is 6.92 Å². The largest absolute Gasteiger partial charge is 0.383 e.